The number of halogens is 1. The number of nitrogen functional groups attached to an aromatic ring is 1. The van der Waals surface area contributed by atoms with E-state index in [2.05, 4.69) is 20.7 Å². The van der Waals surface area contributed by atoms with Crippen molar-refractivity contribution in [2.24, 2.45) is 0 Å². The van der Waals surface area contributed by atoms with Crippen molar-refractivity contribution >= 4 is 24.6 Å². The van der Waals surface area contributed by atoms with E-state index >= 15 is 0 Å². The molecule has 23 heavy (non-hydrogen) atoms. The minimum atomic E-state index is -4.52. The van der Waals surface area contributed by atoms with Crippen LogP contribution in [0.4, 0.5) is 10.2 Å². The summed E-state index contributed by atoms with van der Waals surface area (Å²) in [5, 5.41) is 9.79. The summed E-state index contributed by atoms with van der Waals surface area (Å²) in [6.45, 7) is 0. The van der Waals surface area contributed by atoms with Gasteiger partial charge in [-0.25, -0.2) is 19.3 Å². The Kier molecular flexibility index (Phi) is 3.67. The van der Waals surface area contributed by atoms with Gasteiger partial charge in [0.05, 0.1) is 5.82 Å². The average molecular weight is 343 g/mol. The topological polar surface area (TPSA) is 157 Å². The van der Waals surface area contributed by atoms with Gasteiger partial charge in [0, 0.05) is 0 Å². The number of rotatable bonds is 2. The molecule has 1 aliphatic rings. The third-order valence-electron chi connectivity index (χ3n) is 3.13. The van der Waals surface area contributed by atoms with Crippen LogP contribution in [0.15, 0.2) is 30.0 Å². The van der Waals surface area contributed by atoms with E-state index in [-0.39, 0.29) is 17.0 Å². The van der Waals surface area contributed by atoms with Gasteiger partial charge in [0.15, 0.2) is 29.5 Å². The molecule has 0 unspecified atom stereocenters. The smallest absolute Gasteiger partial charge is 0.356 e. The number of nitrogens with two attached hydrogens (primary N) is 1. The van der Waals surface area contributed by atoms with E-state index in [4.69, 9.17) is 20.3 Å². The SMILES string of the molecule is Nc1ncnc2c1ncn2[C@@H]1OC(=C=CP(=O)(O)O)[C@@H](O)[C@@H]1F. The summed E-state index contributed by atoms with van der Waals surface area (Å²) < 4.78 is 31.5. The maximum Gasteiger partial charge on any atom is 0.356 e. The zero-order valence-corrected chi connectivity index (χ0v) is 12.2. The zero-order valence-electron chi connectivity index (χ0n) is 11.3. The molecule has 0 amide bonds. The molecule has 0 saturated carbocycles. The Morgan fingerprint density at radius 3 is 2.87 bits per heavy atom. The quantitative estimate of drug-likeness (QED) is 0.428. The lowest BCUT2D eigenvalue weighted by molar-refractivity contribution is 0.0405. The summed E-state index contributed by atoms with van der Waals surface area (Å²) in [7, 11) is -4.52. The number of aliphatic hydroxyl groups excluding tert-OH is 1. The van der Waals surface area contributed by atoms with Gasteiger partial charge in [-0.05, 0) is 0 Å². The van der Waals surface area contributed by atoms with Crippen LogP contribution in [0, 0.1) is 0 Å². The second-order valence-electron chi connectivity index (χ2n) is 4.71. The minimum Gasteiger partial charge on any atom is -0.460 e. The van der Waals surface area contributed by atoms with Crippen molar-refractivity contribution in [3.63, 3.8) is 0 Å². The van der Waals surface area contributed by atoms with Gasteiger partial charge in [-0.2, -0.15) is 0 Å². The van der Waals surface area contributed by atoms with Gasteiger partial charge in [0.25, 0.3) is 0 Å². The van der Waals surface area contributed by atoms with Crippen LogP contribution in [0.5, 0.6) is 0 Å². The number of ether oxygens (including phenoxy) is 1. The van der Waals surface area contributed by atoms with Crippen LogP contribution in [-0.4, -0.2) is 46.7 Å². The number of imidazole rings is 1. The highest BCUT2D eigenvalue weighted by molar-refractivity contribution is 7.55. The van der Waals surface area contributed by atoms with Crippen LogP contribution >= 0.6 is 7.60 Å². The summed E-state index contributed by atoms with van der Waals surface area (Å²) in [4.78, 5) is 29.2. The highest BCUT2D eigenvalue weighted by Gasteiger charge is 2.43. The molecule has 3 atom stereocenters. The summed E-state index contributed by atoms with van der Waals surface area (Å²) in [6.07, 6.45) is -2.61. The van der Waals surface area contributed by atoms with Gasteiger partial charge in [0.2, 0.25) is 6.23 Å². The number of hydrogen-bond acceptors (Lipinski definition) is 7. The molecular formula is C11H11FN5O5P. The fourth-order valence-electron chi connectivity index (χ4n) is 2.10. The van der Waals surface area contributed by atoms with Crippen LogP contribution < -0.4 is 5.73 Å². The summed E-state index contributed by atoms with van der Waals surface area (Å²) in [6, 6.07) is 0. The van der Waals surface area contributed by atoms with Crippen molar-refractivity contribution in [1.82, 2.24) is 19.5 Å². The summed E-state index contributed by atoms with van der Waals surface area (Å²) >= 11 is 0. The van der Waals surface area contributed by atoms with Crippen molar-refractivity contribution < 1.29 is 28.6 Å². The first-order valence-electron chi connectivity index (χ1n) is 6.23. The molecule has 2 aromatic heterocycles. The third kappa shape index (κ3) is 2.83. The average Bonchev–Trinajstić information content (AvgIpc) is 3.01. The van der Waals surface area contributed by atoms with E-state index in [1.807, 2.05) is 0 Å². The molecule has 122 valence electrons. The second-order valence-corrected chi connectivity index (χ2v) is 6.14. The maximum absolute atomic E-state index is 14.3. The highest BCUT2D eigenvalue weighted by Crippen LogP contribution is 2.38. The number of fused-ring (bicyclic) bond motifs is 1. The largest absolute Gasteiger partial charge is 0.460 e. The summed E-state index contributed by atoms with van der Waals surface area (Å²) in [5.74, 6) is 0.0573. The molecule has 3 heterocycles. The van der Waals surface area contributed by atoms with Crippen LogP contribution in [0.1, 0.15) is 6.23 Å². The number of aliphatic hydroxyl groups is 1. The van der Waals surface area contributed by atoms with Gasteiger partial charge in [-0.1, -0.05) is 5.73 Å². The number of anilines is 1. The molecule has 1 aliphatic heterocycles. The molecule has 0 aromatic carbocycles. The zero-order chi connectivity index (χ0) is 16.8. The Bertz CT molecular complexity index is 873. The Hall–Kier alpha value is -2.29. The van der Waals surface area contributed by atoms with Crippen LogP contribution in [-0.2, 0) is 9.30 Å². The first kappa shape index (κ1) is 15.6. The lowest BCUT2D eigenvalue weighted by Crippen LogP contribution is -2.23. The Morgan fingerprint density at radius 2 is 2.17 bits per heavy atom. The molecule has 1 saturated heterocycles. The van der Waals surface area contributed by atoms with Crippen LogP contribution in [0.25, 0.3) is 11.2 Å². The first-order valence-corrected chi connectivity index (χ1v) is 7.91. The van der Waals surface area contributed by atoms with Crippen LogP contribution in [0.2, 0.25) is 0 Å². The van der Waals surface area contributed by atoms with E-state index in [0.717, 1.165) is 0 Å². The maximum atomic E-state index is 14.3. The number of hydrogen-bond donors (Lipinski definition) is 4. The van der Waals surface area contributed by atoms with E-state index in [1.165, 1.54) is 17.2 Å². The van der Waals surface area contributed by atoms with Gasteiger partial charge < -0.3 is 25.4 Å². The van der Waals surface area contributed by atoms with Gasteiger partial charge in [-0.3, -0.25) is 9.13 Å². The molecule has 0 bridgehead atoms. The molecule has 0 aliphatic carbocycles. The molecular weight excluding hydrogens is 332 g/mol. The standard InChI is InChI=1S/C11H11FN5O5P/c12-6-8(18)5(1-2-23(19,20)21)22-11(6)17-4-16-7-9(13)14-3-15-10(7)17/h2-4,6,8,11,18H,(H2,13,14,15)(H2,19,20,21)/t1?,6-,8+,11+/m0/s1. The predicted octanol–water partition coefficient (Wildman–Crippen LogP) is -0.190. The van der Waals surface area contributed by atoms with E-state index in [9.17, 15) is 14.1 Å². The van der Waals surface area contributed by atoms with E-state index in [0.29, 0.717) is 5.82 Å². The van der Waals surface area contributed by atoms with Gasteiger partial charge in [0.1, 0.15) is 18.2 Å². The number of aromatic nitrogens is 4. The Balaban J connectivity index is 2.02. The molecule has 2 aromatic rings. The Labute approximate surface area is 127 Å². The van der Waals surface area contributed by atoms with Crippen molar-refractivity contribution in [3.8, 4) is 0 Å². The monoisotopic (exact) mass is 343 g/mol. The molecule has 12 heteroatoms. The predicted molar refractivity (Wildman–Crippen MR) is 74.4 cm³/mol. The fraction of sp³-hybridized carbons (Fsp3) is 0.273. The number of alkyl halides is 1. The molecule has 5 N–H and O–H groups in total. The second kappa shape index (κ2) is 5.41. The number of nitrogens with zero attached hydrogens (tertiary/aromatic N) is 4. The molecule has 0 radical (unpaired) electrons. The van der Waals surface area contributed by atoms with Crippen molar-refractivity contribution in [2.45, 2.75) is 18.5 Å². The van der Waals surface area contributed by atoms with Crippen molar-refractivity contribution in [3.05, 3.63) is 30.0 Å². The van der Waals surface area contributed by atoms with Crippen molar-refractivity contribution in [1.29, 1.82) is 0 Å². The van der Waals surface area contributed by atoms with Crippen molar-refractivity contribution in [2.75, 3.05) is 5.73 Å². The van der Waals surface area contributed by atoms with Gasteiger partial charge >= 0.3 is 7.60 Å². The molecule has 1 fully saturated rings. The normalized spacial score (nSPS) is 24.5. The fourth-order valence-corrected chi connectivity index (χ4v) is 2.39. The highest BCUT2D eigenvalue weighted by atomic mass is 31.2. The molecule has 0 spiro atoms. The Morgan fingerprint density at radius 1 is 1.43 bits per heavy atom. The molecule has 3 rings (SSSR count). The van der Waals surface area contributed by atoms with E-state index in [1.54, 1.807) is 0 Å². The molecule has 10 nitrogen and oxygen atoms in total. The van der Waals surface area contributed by atoms with Gasteiger partial charge in [-0.15, -0.1) is 0 Å². The van der Waals surface area contributed by atoms with Crippen LogP contribution in [0.3, 0.4) is 0 Å². The lowest BCUT2D eigenvalue weighted by Gasteiger charge is -2.14. The van der Waals surface area contributed by atoms with E-state index < -0.39 is 31.9 Å². The lowest BCUT2D eigenvalue weighted by atomic mass is 10.2. The minimum absolute atomic E-state index is 0.0971. The first-order chi connectivity index (χ1) is 10.8. The third-order valence-corrected chi connectivity index (χ3v) is 3.59. The summed E-state index contributed by atoms with van der Waals surface area (Å²) in [5.41, 5.74) is 8.14.